The Morgan fingerprint density at radius 1 is 1.50 bits per heavy atom. The fourth-order valence-electron chi connectivity index (χ4n) is 1.32. The maximum atomic E-state index is 11.5. The zero-order valence-corrected chi connectivity index (χ0v) is 8.45. The molecule has 0 N–H and O–H groups in total. The maximum absolute atomic E-state index is 11.5. The lowest BCUT2D eigenvalue weighted by molar-refractivity contribution is 1.00. The molecule has 2 aromatic heterocycles. The van der Waals surface area contributed by atoms with Crippen LogP contribution in [-0.4, -0.2) is 9.38 Å². The molecule has 2 rings (SSSR count). The Hall–Kier alpha value is -1.35. The van der Waals surface area contributed by atoms with E-state index in [-0.39, 0.29) is 11.4 Å². The van der Waals surface area contributed by atoms with Crippen LogP contribution in [0.3, 0.4) is 0 Å². The van der Waals surface area contributed by atoms with Crippen molar-refractivity contribution >= 4 is 17.2 Å². The Morgan fingerprint density at radius 2 is 2.29 bits per heavy atom. The van der Waals surface area contributed by atoms with E-state index in [4.69, 9.17) is 11.6 Å². The number of halogens is 1. The predicted octanol–water partition coefficient (Wildman–Crippen LogP) is 1.74. The molecule has 2 aromatic rings. The van der Waals surface area contributed by atoms with E-state index >= 15 is 0 Å². The van der Waals surface area contributed by atoms with E-state index < -0.39 is 0 Å². The Morgan fingerprint density at radius 3 is 3.00 bits per heavy atom. The second-order valence-electron chi connectivity index (χ2n) is 3.15. The quantitative estimate of drug-likeness (QED) is 0.669. The van der Waals surface area contributed by atoms with Crippen molar-refractivity contribution in [2.75, 3.05) is 0 Å². The van der Waals surface area contributed by atoms with Crippen molar-refractivity contribution < 1.29 is 0 Å². The summed E-state index contributed by atoms with van der Waals surface area (Å²) in [5.74, 6) is 0.264. The Kier molecular flexibility index (Phi) is 2.25. The molecule has 0 aliphatic carbocycles. The number of fused-ring (bicyclic) bond motifs is 1. The first-order chi connectivity index (χ1) is 6.70. The molecule has 0 amide bonds. The molecule has 0 unspecified atom stereocenters. The first-order valence-electron chi connectivity index (χ1n) is 4.25. The SMILES string of the molecule is Cc1ccn2c(=O)cc(CCl)nc2c1. The van der Waals surface area contributed by atoms with Gasteiger partial charge in [0.1, 0.15) is 5.65 Å². The lowest BCUT2D eigenvalue weighted by atomic mass is 10.3. The van der Waals surface area contributed by atoms with E-state index in [1.165, 1.54) is 10.5 Å². The second kappa shape index (κ2) is 3.42. The molecule has 72 valence electrons. The van der Waals surface area contributed by atoms with Crippen LogP contribution >= 0.6 is 11.6 Å². The highest BCUT2D eigenvalue weighted by Crippen LogP contribution is 2.04. The molecule has 0 aliphatic rings. The predicted molar refractivity (Wildman–Crippen MR) is 55.8 cm³/mol. The number of rotatable bonds is 1. The van der Waals surface area contributed by atoms with Gasteiger partial charge in [-0.25, -0.2) is 4.98 Å². The molecule has 4 heteroatoms. The Balaban J connectivity index is 2.84. The summed E-state index contributed by atoms with van der Waals surface area (Å²) in [5, 5.41) is 0. The van der Waals surface area contributed by atoms with Gasteiger partial charge in [0.2, 0.25) is 0 Å². The van der Waals surface area contributed by atoms with Gasteiger partial charge in [-0.05, 0) is 24.6 Å². The van der Waals surface area contributed by atoms with Gasteiger partial charge in [-0.3, -0.25) is 9.20 Å². The van der Waals surface area contributed by atoms with E-state index in [0.29, 0.717) is 11.3 Å². The van der Waals surface area contributed by atoms with Crippen LogP contribution in [0.1, 0.15) is 11.3 Å². The summed E-state index contributed by atoms with van der Waals surface area (Å²) in [6.45, 7) is 1.96. The Labute approximate surface area is 86.0 Å². The zero-order valence-electron chi connectivity index (χ0n) is 7.70. The number of alkyl halides is 1. The molecule has 3 nitrogen and oxygen atoms in total. The van der Waals surface area contributed by atoms with Crippen LogP contribution in [0.15, 0.2) is 29.2 Å². The molecule has 0 atom stereocenters. The van der Waals surface area contributed by atoms with Gasteiger partial charge in [0.05, 0.1) is 11.6 Å². The smallest absolute Gasteiger partial charge is 0.258 e. The highest BCUT2D eigenvalue weighted by Gasteiger charge is 2.00. The highest BCUT2D eigenvalue weighted by atomic mass is 35.5. The van der Waals surface area contributed by atoms with Gasteiger partial charge in [0.15, 0.2) is 0 Å². The van der Waals surface area contributed by atoms with Crippen molar-refractivity contribution in [1.29, 1.82) is 0 Å². The third-order valence-electron chi connectivity index (χ3n) is 2.01. The van der Waals surface area contributed by atoms with Crippen molar-refractivity contribution in [2.45, 2.75) is 12.8 Å². The minimum Gasteiger partial charge on any atom is -0.269 e. The number of hydrogen-bond donors (Lipinski definition) is 0. The van der Waals surface area contributed by atoms with Crippen LogP contribution in [0.25, 0.3) is 5.65 Å². The van der Waals surface area contributed by atoms with Gasteiger partial charge in [-0.15, -0.1) is 11.6 Å². The summed E-state index contributed by atoms with van der Waals surface area (Å²) in [5.41, 5.74) is 2.24. The van der Waals surface area contributed by atoms with E-state index in [2.05, 4.69) is 4.98 Å². The molecule has 0 radical (unpaired) electrons. The topological polar surface area (TPSA) is 34.4 Å². The monoisotopic (exact) mass is 208 g/mol. The molecule has 0 fully saturated rings. The van der Waals surface area contributed by atoms with Crippen LogP contribution in [0, 0.1) is 6.92 Å². The summed E-state index contributed by atoms with van der Waals surface area (Å²) in [7, 11) is 0. The van der Waals surface area contributed by atoms with Crippen LogP contribution in [0.2, 0.25) is 0 Å². The van der Waals surface area contributed by atoms with Crippen molar-refractivity contribution in [3.05, 3.63) is 46.0 Å². The molecule has 14 heavy (non-hydrogen) atoms. The minimum absolute atomic E-state index is 0.0920. The maximum Gasteiger partial charge on any atom is 0.258 e. The van der Waals surface area contributed by atoms with E-state index in [1.54, 1.807) is 6.20 Å². The van der Waals surface area contributed by atoms with Gasteiger partial charge in [-0.2, -0.15) is 0 Å². The summed E-state index contributed by atoms with van der Waals surface area (Å²) in [6.07, 6.45) is 1.72. The van der Waals surface area contributed by atoms with Crippen LogP contribution in [0.5, 0.6) is 0 Å². The first kappa shape index (κ1) is 9.21. The molecule has 0 saturated carbocycles. The second-order valence-corrected chi connectivity index (χ2v) is 3.42. The molecule has 0 aromatic carbocycles. The minimum atomic E-state index is -0.0920. The number of pyridine rings is 1. The first-order valence-corrected chi connectivity index (χ1v) is 4.79. The lowest BCUT2D eigenvalue weighted by Gasteiger charge is -2.02. The molecule has 0 bridgehead atoms. The lowest BCUT2D eigenvalue weighted by Crippen LogP contribution is -2.14. The molecule has 0 aliphatic heterocycles. The normalized spacial score (nSPS) is 10.7. The van der Waals surface area contributed by atoms with E-state index in [9.17, 15) is 4.79 Å². The van der Waals surface area contributed by atoms with Gasteiger partial charge in [-0.1, -0.05) is 0 Å². The van der Waals surface area contributed by atoms with Crippen molar-refractivity contribution in [3.63, 3.8) is 0 Å². The van der Waals surface area contributed by atoms with Crippen molar-refractivity contribution in [1.82, 2.24) is 9.38 Å². The van der Waals surface area contributed by atoms with Crippen LogP contribution in [-0.2, 0) is 5.88 Å². The summed E-state index contributed by atoms with van der Waals surface area (Å²) >= 11 is 5.63. The fourth-order valence-corrected chi connectivity index (χ4v) is 1.46. The zero-order chi connectivity index (χ0) is 10.1. The number of hydrogen-bond acceptors (Lipinski definition) is 2. The standard InChI is InChI=1S/C10H9ClN2O/c1-7-2-3-13-9(4-7)12-8(6-11)5-10(13)14/h2-5H,6H2,1H3. The van der Waals surface area contributed by atoms with Crippen molar-refractivity contribution in [3.8, 4) is 0 Å². The Bertz CT molecular complexity index is 533. The number of nitrogens with zero attached hydrogens (tertiary/aromatic N) is 2. The van der Waals surface area contributed by atoms with Gasteiger partial charge < -0.3 is 0 Å². The van der Waals surface area contributed by atoms with Gasteiger partial charge in [0, 0.05) is 12.3 Å². The van der Waals surface area contributed by atoms with Gasteiger partial charge in [0.25, 0.3) is 5.56 Å². The summed E-state index contributed by atoms with van der Waals surface area (Å²) < 4.78 is 1.50. The summed E-state index contributed by atoms with van der Waals surface area (Å²) in [6, 6.07) is 5.18. The van der Waals surface area contributed by atoms with E-state index in [1.807, 2.05) is 19.1 Å². The summed E-state index contributed by atoms with van der Waals surface area (Å²) in [4.78, 5) is 15.8. The molecular formula is C10H9ClN2O. The van der Waals surface area contributed by atoms with Crippen LogP contribution in [0.4, 0.5) is 0 Å². The third kappa shape index (κ3) is 1.51. The molecule has 0 spiro atoms. The number of aromatic nitrogens is 2. The van der Waals surface area contributed by atoms with Crippen molar-refractivity contribution in [2.24, 2.45) is 0 Å². The molecular weight excluding hydrogens is 200 g/mol. The van der Waals surface area contributed by atoms with E-state index in [0.717, 1.165) is 5.56 Å². The molecule has 0 saturated heterocycles. The highest BCUT2D eigenvalue weighted by molar-refractivity contribution is 6.16. The average Bonchev–Trinajstić information content (AvgIpc) is 2.16. The van der Waals surface area contributed by atoms with Crippen LogP contribution < -0.4 is 5.56 Å². The average molecular weight is 209 g/mol. The third-order valence-corrected chi connectivity index (χ3v) is 2.29. The largest absolute Gasteiger partial charge is 0.269 e. The number of aryl methyl sites for hydroxylation is 1. The van der Waals surface area contributed by atoms with Gasteiger partial charge >= 0.3 is 0 Å². The fraction of sp³-hybridized carbons (Fsp3) is 0.200. The molecule has 2 heterocycles.